The maximum Gasteiger partial charge on any atom is 0.266 e. The van der Waals surface area contributed by atoms with Crippen LogP contribution >= 0.6 is 11.8 Å². The molecule has 1 N–H and O–H groups in total. The van der Waals surface area contributed by atoms with Crippen molar-refractivity contribution in [2.45, 2.75) is 24.4 Å². The van der Waals surface area contributed by atoms with Gasteiger partial charge in [0.1, 0.15) is 0 Å². The Morgan fingerprint density at radius 3 is 2.56 bits per heavy atom. The van der Waals surface area contributed by atoms with Crippen molar-refractivity contribution in [2.75, 3.05) is 25.4 Å². The minimum atomic E-state index is -0.00973. The van der Waals surface area contributed by atoms with E-state index >= 15 is 0 Å². The zero-order chi connectivity index (χ0) is 18.5. The van der Waals surface area contributed by atoms with E-state index in [-0.39, 0.29) is 5.56 Å². The van der Waals surface area contributed by atoms with Crippen molar-refractivity contribution < 1.29 is 0 Å². The molecule has 6 heteroatoms. The predicted octanol–water partition coefficient (Wildman–Crippen LogP) is 3.47. The lowest BCUT2D eigenvalue weighted by molar-refractivity contribution is 0.237. The molecule has 0 bridgehead atoms. The van der Waals surface area contributed by atoms with Crippen molar-refractivity contribution in [1.82, 2.24) is 20.0 Å². The fourth-order valence-electron chi connectivity index (χ4n) is 3.36. The number of thioether (sulfide) groups is 1. The zero-order valence-electron chi connectivity index (χ0n) is 15.3. The van der Waals surface area contributed by atoms with Crippen LogP contribution in [0, 0.1) is 0 Å². The molecular formula is C21H24N4OS. The van der Waals surface area contributed by atoms with Crippen molar-refractivity contribution in [2.24, 2.45) is 0 Å². The van der Waals surface area contributed by atoms with Crippen molar-refractivity contribution in [3.8, 4) is 5.69 Å². The summed E-state index contributed by atoms with van der Waals surface area (Å²) in [5, 5.41) is 3.71. The molecule has 0 unspecified atom stereocenters. The van der Waals surface area contributed by atoms with E-state index in [4.69, 9.17) is 4.98 Å². The third kappa shape index (κ3) is 4.24. The van der Waals surface area contributed by atoms with Gasteiger partial charge in [0.2, 0.25) is 0 Å². The van der Waals surface area contributed by atoms with E-state index in [1.54, 1.807) is 16.3 Å². The van der Waals surface area contributed by atoms with Gasteiger partial charge >= 0.3 is 0 Å². The number of nitrogens with one attached hydrogen (secondary N) is 1. The van der Waals surface area contributed by atoms with Gasteiger partial charge in [-0.2, -0.15) is 0 Å². The molecule has 0 saturated carbocycles. The molecule has 0 spiro atoms. The molecule has 2 aromatic carbocycles. The van der Waals surface area contributed by atoms with Gasteiger partial charge in [0.15, 0.2) is 5.16 Å². The highest BCUT2D eigenvalue weighted by Crippen LogP contribution is 2.21. The van der Waals surface area contributed by atoms with Gasteiger partial charge in [-0.3, -0.25) is 14.8 Å². The van der Waals surface area contributed by atoms with Crippen LogP contribution in [0.25, 0.3) is 16.6 Å². The summed E-state index contributed by atoms with van der Waals surface area (Å²) >= 11 is 1.65. The van der Waals surface area contributed by atoms with E-state index in [2.05, 4.69) is 10.4 Å². The van der Waals surface area contributed by atoms with E-state index in [1.165, 1.54) is 12.8 Å². The second-order valence-electron chi connectivity index (χ2n) is 6.69. The van der Waals surface area contributed by atoms with E-state index < -0.39 is 0 Å². The summed E-state index contributed by atoms with van der Waals surface area (Å²) in [5.41, 5.74) is 5.09. The second-order valence-corrected chi connectivity index (χ2v) is 7.75. The van der Waals surface area contributed by atoms with Gasteiger partial charge in [0.05, 0.1) is 16.6 Å². The van der Waals surface area contributed by atoms with Crippen LogP contribution in [-0.4, -0.2) is 39.9 Å². The Bertz CT molecular complexity index is 951. The van der Waals surface area contributed by atoms with E-state index in [0.717, 1.165) is 48.2 Å². The average molecular weight is 381 g/mol. The monoisotopic (exact) mass is 380 g/mol. The highest BCUT2D eigenvalue weighted by Gasteiger charge is 2.13. The summed E-state index contributed by atoms with van der Waals surface area (Å²) in [6.45, 7) is 3.25. The summed E-state index contributed by atoms with van der Waals surface area (Å²) in [6, 6.07) is 17.3. The van der Waals surface area contributed by atoms with Crippen LogP contribution in [-0.2, 0) is 0 Å². The third-order valence-corrected chi connectivity index (χ3v) is 5.78. The van der Waals surface area contributed by atoms with Crippen LogP contribution in [0.5, 0.6) is 0 Å². The fourth-order valence-corrected chi connectivity index (χ4v) is 4.31. The fraction of sp³-hybridized carbons (Fsp3) is 0.333. The minimum Gasteiger partial charge on any atom is -0.268 e. The molecule has 1 aromatic heterocycles. The van der Waals surface area contributed by atoms with Gasteiger partial charge in [-0.25, -0.2) is 9.99 Å². The largest absolute Gasteiger partial charge is 0.268 e. The molecule has 1 fully saturated rings. The molecular weight excluding hydrogens is 356 g/mol. The van der Waals surface area contributed by atoms with Gasteiger partial charge in [-0.15, -0.1) is 0 Å². The highest BCUT2D eigenvalue weighted by atomic mass is 32.2. The summed E-state index contributed by atoms with van der Waals surface area (Å²) in [6.07, 6.45) is 3.59. The molecule has 5 nitrogen and oxygen atoms in total. The maximum atomic E-state index is 13.1. The first-order valence-corrected chi connectivity index (χ1v) is 10.5. The quantitative estimate of drug-likeness (QED) is 0.386. The Morgan fingerprint density at radius 1 is 1.00 bits per heavy atom. The van der Waals surface area contributed by atoms with Gasteiger partial charge in [0.25, 0.3) is 5.56 Å². The number of fused-ring (bicyclic) bond motifs is 1. The molecule has 1 aliphatic heterocycles. The second kappa shape index (κ2) is 8.69. The van der Waals surface area contributed by atoms with Crippen LogP contribution in [0.4, 0.5) is 0 Å². The first-order chi connectivity index (χ1) is 13.3. The Balaban J connectivity index is 1.54. The van der Waals surface area contributed by atoms with Crippen molar-refractivity contribution >= 4 is 22.7 Å². The number of hydrogen-bond donors (Lipinski definition) is 1. The normalized spacial score (nSPS) is 14.8. The van der Waals surface area contributed by atoms with Crippen LogP contribution in [0.1, 0.15) is 19.3 Å². The molecule has 3 aromatic rings. The molecule has 0 aliphatic carbocycles. The standard InChI is InChI=1S/C21H24N4OS/c26-20-18-11-4-5-12-19(18)23-21(25(20)17-9-2-1-3-10-17)27-16-8-13-22-24-14-6-7-15-24/h1-5,9-12,22H,6-8,13-16H2. The summed E-state index contributed by atoms with van der Waals surface area (Å²) in [4.78, 5) is 17.9. The number of aromatic nitrogens is 2. The molecule has 4 rings (SSSR count). The molecule has 0 amide bonds. The molecule has 2 heterocycles. The topological polar surface area (TPSA) is 50.2 Å². The smallest absolute Gasteiger partial charge is 0.266 e. The highest BCUT2D eigenvalue weighted by molar-refractivity contribution is 7.99. The average Bonchev–Trinajstić information content (AvgIpc) is 3.22. The van der Waals surface area contributed by atoms with E-state index in [9.17, 15) is 4.79 Å². The lowest BCUT2D eigenvalue weighted by atomic mass is 10.2. The Kier molecular flexibility index (Phi) is 5.87. The van der Waals surface area contributed by atoms with Gasteiger partial charge in [-0.05, 0) is 43.5 Å². The number of hydrazine groups is 1. The van der Waals surface area contributed by atoms with Crippen molar-refractivity contribution in [3.63, 3.8) is 0 Å². The van der Waals surface area contributed by atoms with Crippen LogP contribution < -0.4 is 11.0 Å². The van der Waals surface area contributed by atoms with Crippen LogP contribution in [0.15, 0.2) is 64.5 Å². The number of rotatable bonds is 7. The molecule has 27 heavy (non-hydrogen) atoms. The van der Waals surface area contributed by atoms with Crippen molar-refractivity contribution in [1.29, 1.82) is 0 Å². The molecule has 1 saturated heterocycles. The Hall–Kier alpha value is -2.15. The number of para-hydroxylation sites is 2. The Labute approximate surface area is 163 Å². The SMILES string of the molecule is O=c1c2ccccc2nc(SCCCNN2CCCC2)n1-c1ccccc1. The first-order valence-electron chi connectivity index (χ1n) is 9.51. The number of nitrogens with zero attached hydrogens (tertiary/aromatic N) is 3. The van der Waals surface area contributed by atoms with Crippen LogP contribution in [0.2, 0.25) is 0 Å². The lowest BCUT2D eigenvalue weighted by Crippen LogP contribution is -2.36. The van der Waals surface area contributed by atoms with Gasteiger partial charge in [-0.1, -0.05) is 42.1 Å². The Morgan fingerprint density at radius 2 is 1.74 bits per heavy atom. The predicted molar refractivity (Wildman–Crippen MR) is 111 cm³/mol. The lowest BCUT2D eigenvalue weighted by Gasteiger charge is -2.16. The minimum absolute atomic E-state index is 0.00973. The van der Waals surface area contributed by atoms with Crippen molar-refractivity contribution in [3.05, 3.63) is 65.0 Å². The summed E-state index contributed by atoms with van der Waals surface area (Å²) < 4.78 is 1.74. The molecule has 140 valence electrons. The molecule has 1 aliphatic rings. The van der Waals surface area contributed by atoms with E-state index in [0.29, 0.717) is 5.39 Å². The first kappa shape index (κ1) is 18.2. The number of benzene rings is 2. The van der Waals surface area contributed by atoms with Crippen LogP contribution in [0.3, 0.4) is 0 Å². The van der Waals surface area contributed by atoms with Gasteiger partial charge < -0.3 is 0 Å². The third-order valence-electron chi connectivity index (χ3n) is 4.75. The van der Waals surface area contributed by atoms with Gasteiger partial charge in [0, 0.05) is 25.4 Å². The molecule has 0 atom stereocenters. The van der Waals surface area contributed by atoms with E-state index in [1.807, 2.05) is 54.6 Å². The number of hydrogen-bond acceptors (Lipinski definition) is 5. The summed E-state index contributed by atoms with van der Waals surface area (Å²) in [7, 11) is 0. The zero-order valence-corrected chi connectivity index (χ0v) is 16.1. The maximum absolute atomic E-state index is 13.1. The summed E-state index contributed by atoms with van der Waals surface area (Å²) in [5.74, 6) is 0.915. The molecule has 0 radical (unpaired) electrons.